The van der Waals surface area contributed by atoms with Crippen molar-refractivity contribution in [3.05, 3.63) is 70.7 Å². The fourth-order valence-electron chi connectivity index (χ4n) is 2.38. The Labute approximate surface area is 171 Å². The standard InChI is InChI=1S/C18H17ClN4O3S2/c19-15-11-5-4-7-13(15)10-6-12-20-28(25,26)18-23-22-17(27-18)21-16(24)14-8-2-1-3-9-14/h1-5,7-9,11,20H,6,10,12H2,(H,21,22,24). The number of carbonyl (C=O) groups excluding carboxylic acids is 1. The van der Waals surface area contributed by atoms with E-state index in [0.717, 1.165) is 16.9 Å². The van der Waals surface area contributed by atoms with E-state index in [9.17, 15) is 13.2 Å². The highest BCUT2D eigenvalue weighted by Crippen LogP contribution is 2.21. The van der Waals surface area contributed by atoms with Crippen molar-refractivity contribution in [2.24, 2.45) is 0 Å². The molecule has 146 valence electrons. The highest BCUT2D eigenvalue weighted by atomic mass is 35.5. The molecular formula is C18H17ClN4O3S2. The van der Waals surface area contributed by atoms with Crippen LogP contribution < -0.4 is 10.0 Å². The maximum atomic E-state index is 12.3. The van der Waals surface area contributed by atoms with Gasteiger partial charge in [-0.05, 0) is 36.6 Å². The molecule has 0 spiro atoms. The van der Waals surface area contributed by atoms with E-state index >= 15 is 0 Å². The third kappa shape index (κ3) is 5.35. The lowest BCUT2D eigenvalue weighted by molar-refractivity contribution is 0.102. The van der Waals surface area contributed by atoms with Crippen LogP contribution in [0.25, 0.3) is 0 Å². The number of amides is 1. The molecule has 2 aromatic carbocycles. The largest absolute Gasteiger partial charge is 0.296 e. The van der Waals surface area contributed by atoms with Crippen LogP contribution in [0.15, 0.2) is 58.9 Å². The SMILES string of the molecule is O=C(Nc1nnc(S(=O)(=O)NCCCc2ccccc2Cl)s1)c1ccccc1. The number of nitrogens with one attached hydrogen (secondary N) is 2. The van der Waals surface area contributed by atoms with Crippen molar-refractivity contribution in [3.8, 4) is 0 Å². The number of benzene rings is 2. The molecule has 1 aromatic heterocycles. The summed E-state index contributed by atoms with van der Waals surface area (Å²) in [6, 6.07) is 16.0. The summed E-state index contributed by atoms with van der Waals surface area (Å²) in [4.78, 5) is 12.1. The molecular weight excluding hydrogens is 420 g/mol. The van der Waals surface area contributed by atoms with E-state index in [1.807, 2.05) is 18.2 Å². The molecule has 1 amide bonds. The summed E-state index contributed by atoms with van der Waals surface area (Å²) in [7, 11) is -3.79. The van der Waals surface area contributed by atoms with Gasteiger partial charge in [-0.15, -0.1) is 10.2 Å². The maximum Gasteiger partial charge on any atom is 0.269 e. The fourth-order valence-corrected chi connectivity index (χ4v) is 4.62. The van der Waals surface area contributed by atoms with Gasteiger partial charge < -0.3 is 0 Å². The van der Waals surface area contributed by atoms with Crippen molar-refractivity contribution in [1.29, 1.82) is 0 Å². The summed E-state index contributed by atoms with van der Waals surface area (Å²) in [6.07, 6.45) is 1.23. The minimum atomic E-state index is -3.79. The predicted molar refractivity (Wildman–Crippen MR) is 109 cm³/mol. The van der Waals surface area contributed by atoms with Crippen molar-refractivity contribution >= 4 is 44.0 Å². The van der Waals surface area contributed by atoms with Gasteiger partial charge in [-0.3, -0.25) is 10.1 Å². The quantitative estimate of drug-likeness (QED) is 0.416. The van der Waals surface area contributed by atoms with Crippen LogP contribution in [0.4, 0.5) is 5.13 Å². The molecule has 28 heavy (non-hydrogen) atoms. The molecule has 0 aliphatic carbocycles. The first-order valence-electron chi connectivity index (χ1n) is 8.39. The van der Waals surface area contributed by atoms with Crippen LogP contribution in [0.3, 0.4) is 0 Å². The second-order valence-corrected chi connectivity index (χ2v) is 9.11. The molecule has 0 fully saturated rings. The van der Waals surface area contributed by atoms with Crippen LogP contribution in [0.2, 0.25) is 5.02 Å². The van der Waals surface area contributed by atoms with Gasteiger partial charge in [0, 0.05) is 17.1 Å². The van der Waals surface area contributed by atoms with Crippen molar-refractivity contribution < 1.29 is 13.2 Å². The molecule has 0 atom stereocenters. The predicted octanol–water partition coefficient (Wildman–Crippen LogP) is 3.35. The molecule has 0 unspecified atom stereocenters. The van der Waals surface area contributed by atoms with Crippen molar-refractivity contribution in [3.63, 3.8) is 0 Å². The van der Waals surface area contributed by atoms with Crippen molar-refractivity contribution in [1.82, 2.24) is 14.9 Å². The van der Waals surface area contributed by atoms with Crippen LogP contribution in [0.5, 0.6) is 0 Å². The van der Waals surface area contributed by atoms with Crippen molar-refractivity contribution in [2.45, 2.75) is 17.2 Å². The van der Waals surface area contributed by atoms with E-state index in [-0.39, 0.29) is 21.9 Å². The lowest BCUT2D eigenvalue weighted by Crippen LogP contribution is -2.25. The maximum absolute atomic E-state index is 12.3. The average Bonchev–Trinajstić information content (AvgIpc) is 3.17. The highest BCUT2D eigenvalue weighted by Gasteiger charge is 2.20. The van der Waals surface area contributed by atoms with Gasteiger partial charge in [0.15, 0.2) is 0 Å². The Bertz CT molecular complexity index is 1060. The summed E-state index contributed by atoms with van der Waals surface area (Å²) >= 11 is 6.88. The summed E-state index contributed by atoms with van der Waals surface area (Å²) in [5.74, 6) is -0.381. The number of rotatable bonds is 8. The molecule has 0 radical (unpaired) electrons. The van der Waals surface area contributed by atoms with Gasteiger partial charge in [-0.2, -0.15) is 0 Å². The van der Waals surface area contributed by atoms with Crippen molar-refractivity contribution in [2.75, 3.05) is 11.9 Å². The van der Waals surface area contributed by atoms with Crippen LogP contribution in [0, 0.1) is 0 Å². The molecule has 0 bridgehead atoms. The Morgan fingerprint density at radius 3 is 2.50 bits per heavy atom. The number of nitrogens with zero attached hydrogens (tertiary/aromatic N) is 2. The number of aromatic nitrogens is 2. The third-order valence-corrected chi connectivity index (χ3v) is 6.80. The van der Waals surface area contributed by atoms with Gasteiger partial charge in [-0.25, -0.2) is 13.1 Å². The number of aryl methyl sites for hydroxylation is 1. The Balaban J connectivity index is 1.54. The lowest BCUT2D eigenvalue weighted by atomic mass is 10.1. The zero-order valence-electron chi connectivity index (χ0n) is 14.6. The molecule has 7 nitrogen and oxygen atoms in total. The zero-order valence-corrected chi connectivity index (χ0v) is 17.0. The molecule has 0 aliphatic rings. The minimum absolute atomic E-state index is 0.116. The Kier molecular flexibility index (Phi) is 6.74. The lowest BCUT2D eigenvalue weighted by Gasteiger charge is -2.05. The highest BCUT2D eigenvalue weighted by molar-refractivity contribution is 7.91. The van der Waals surface area contributed by atoms with Gasteiger partial charge in [0.05, 0.1) is 0 Å². The fraction of sp³-hybridized carbons (Fsp3) is 0.167. The molecule has 0 saturated heterocycles. The van der Waals surface area contributed by atoms with Crippen LogP contribution in [-0.2, 0) is 16.4 Å². The van der Waals surface area contributed by atoms with Gasteiger partial charge in [-0.1, -0.05) is 59.3 Å². The smallest absolute Gasteiger partial charge is 0.269 e. The summed E-state index contributed by atoms with van der Waals surface area (Å²) in [5.41, 5.74) is 1.41. The zero-order chi connectivity index (χ0) is 20.0. The summed E-state index contributed by atoms with van der Waals surface area (Å²) in [6.45, 7) is 0.235. The minimum Gasteiger partial charge on any atom is -0.296 e. The molecule has 0 saturated carbocycles. The first kappa shape index (κ1) is 20.4. The Hall–Kier alpha value is -2.33. The van der Waals surface area contributed by atoms with E-state index in [0.29, 0.717) is 23.4 Å². The second-order valence-electron chi connectivity index (χ2n) is 5.79. The number of anilines is 1. The number of halogens is 1. The van der Waals surface area contributed by atoms with Gasteiger partial charge >= 0.3 is 0 Å². The van der Waals surface area contributed by atoms with Gasteiger partial charge in [0.1, 0.15) is 0 Å². The monoisotopic (exact) mass is 436 g/mol. The second kappa shape index (κ2) is 9.24. The third-order valence-electron chi connectivity index (χ3n) is 3.77. The van der Waals surface area contributed by atoms with Gasteiger partial charge in [0.25, 0.3) is 15.9 Å². The average molecular weight is 437 g/mol. The number of hydrogen-bond donors (Lipinski definition) is 2. The number of sulfonamides is 1. The van der Waals surface area contributed by atoms with E-state index in [2.05, 4.69) is 20.2 Å². The molecule has 3 rings (SSSR count). The topological polar surface area (TPSA) is 101 Å². The Morgan fingerprint density at radius 1 is 1.04 bits per heavy atom. The summed E-state index contributed by atoms with van der Waals surface area (Å²) in [5, 5.41) is 10.7. The molecule has 0 aliphatic heterocycles. The van der Waals surface area contributed by atoms with E-state index < -0.39 is 10.0 Å². The molecule has 2 N–H and O–H groups in total. The first-order valence-corrected chi connectivity index (χ1v) is 11.1. The molecule has 1 heterocycles. The number of carbonyl (C=O) groups is 1. The molecule has 3 aromatic rings. The van der Waals surface area contributed by atoms with E-state index in [4.69, 9.17) is 11.6 Å². The van der Waals surface area contributed by atoms with E-state index in [1.165, 1.54) is 0 Å². The van der Waals surface area contributed by atoms with E-state index in [1.54, 1.807) is 36.4 Å². The first-order chi connectivity index (χ1) is 13.5. The summed E-state index contributed by atoms with van der Waals surface area (Å²) < 4.78 is 27.0. The van der Waals surface area contributed by atoms with Crippen LogP contribution in [0.1, 0.15) is 22.3 Å². The Morgan fingerprint density at radius 2 is 1.75 bits per heavy atom. The molecule has 10 heteroatoms. The normalized spacial score (nSPS) is 11.3. The van der Waals surface area contributed by atoms with Gasteiger partial charge in [0.2, 0.25) is 9.47 Å². The van der Waals surface area contributed by atoms with Crippen LogP contribution >= 0.6 is 22.9 Å². The van der Waals surface area contributed by atoms with Crippen LogP contribution in [-0.4, -0.2) is 31.1 Å². The number of hydrogen-bond acceptors (Lipinski definition) is 6.